The zero-order valence-electron chi connectivity index (χ0n) is 15.5. The van der Waals surface area contributed by atoms with Crippen LogP contribution in [-0.4, -0.2) is 27.3 Å². The highest BCUT2D eigenvalue weighted by Gasteiger charge is 2.23. The molecule has 4 rings (SSSR count). The highest BCUT2D eigenvalue weighted by Crippen LogP contribution is 2.26. The summed E-state index contributed by atoms with van der Waals surface area (Å²) >= 11 is 0. The Labute approximate surface area is 162 Å². The first-order valence-corrected chi connectivity index (χ1v) is 9.06. The molecule has 7 heteroatoms. The van der Waals surface area contributed by atoms with E-state index in [0.717, 1.165) is 29.7 Å². The van der Waals surface area contributed by atoms with Gasteiger partial charge in [-0.1, -0.05) is 12.1 Å². The van der Waals surface area contributed by atoms with Gasteiger partial charge >= 0.3 is 5.97 Å². The van der Waals surface area contributed by atoms with Gasteiger partial charge < -0.3 is 10.1 Å². The monoisotopic (exact) mass is 373 g/mol. The lowest BCUT2D eigenvalue weighted by Gasteiger charge is -2.10. The first-order valence-electron chi connectivity index (χ1n) is 9.06. The molecule has 1 aliphatic heterocycles. The largest absolute Gasteiger partial charge is 0.457 e. The highest BCUT2D eigenvalue weighted by molar-refractivity contribution is 5.93. The van der Waals surface area contributed by atoms with Crippen LogP contribution in [0, 0.1) is 18.3 Å². The van der Waals surface area contributed by atoms with Crippen LogP contribution in [0.5, 0.6) is 0 Å². The Bertz CT molecular complexity index is 1060. The molecule has 1 aliphatic rings. The summed E-state index contributed by atoms with van der Waals surface area (Å²) in [5, 5.41) is 16.4. The molecular formula is C21H19N5O2. The van der Waals surface area contributed by atoms with Crippen molar-refractivity contribution in [2.75, 3.05) is 6.54 Å². The van der Waals surface area contributed by atoms with E-state index in [-0.39, 0.29) is 5.97 Å². The highest BCUT2D eigenvalue weighted by atomic mass is 16.5. The molecule has 0 atom stereocenters. The molecule has 1 aromatic carbocycles. The van der Waals surface area contributed by atoms with Gasteiger partial charge in [-0.05, 0) is 54.8 Å². The Morgan fingerprint density at radius 3 is 2.93 bits per heavy atom. The summed E-state index contributed by atoms with van der Waals surface area (Å²) in [7, 11) is 0. The summed E-state index contributed by atoms with van der Waals surface area (Å²) < 4.78 is 6.69. The maximum absolute atomic E-state index is 11.6. The summed E-state index contributed by atoms with van der Waals surface area (Å²) in [5.74, 6) is 0.452. The van der Waals surface area contributed by atoms with Crippen molar-refractivity contribution in [1.82, 2.24) is 20.1 Å². The molecule has 7 nitrogen and oxygen atoms in total. The van der Waals surface area contributed by atoms with Gasteiger partial charge in [0.25, 0.3) is 0 Å². The van der Waals surface area contributed by atoms with E-state index in [1.54, 1.807) is 23.1 Å². The minimum Gasteiger partial charge on any atom is -0.457 e. The van der Waals surface area contributed by atoms with Gasteiger partial charge in [0.15, 0.2) is 11.5 Å². The van der Waals surface area contributed by atoms with Gasteiger partial charge in [-0.3, -0.25) is 0 Å². The maximum Gasteiger partial charge on any atom is 0.338 e. The normalized spacial score (nSPS) is 12.5. The number of nitrogens with zero attached hydrogens (tertiary/aromatic N) is 4. The van der Waals surface area contributed by atoms with Crippen LogP contribution in [0.15, 0.2) is 42.7 Å². The van der Waals surface area contributed by atoms with E-state index >= 15 is 0 Å². The molecule has 0 saturated carbocycles. The lowest BCUT2D eigenvalue weighted by atomic mass is 9.97. The van der Waals surface area contributed by atoms with Crippen molar-refractivity contribution >= 4 is 5.97 Å². The lowest BCUT2D eigenvalue weighted by Crippen LogP contribution is -2.17. The fourth-order valence-corrected chi connectivity index (χ4v) is 3.29. The van der Waals surface area contributed by atoms with Crippen LogP contribution in [0.3, 0.4) is 0 Å². The average Bonchev–Trinajstić information content (AvgIpc) is 3.35. The van der Waals surface area contributed by atoms with E-state index in [0.29, 0.717) is 30.2 Å². The third-order valence-electron chi connectivity index (χ3n) is 4.93. The molecule has 0 fully saturated rings. The minimum absolute atomic E-state index is 0.224. The van der Waals surface area contributed by atoms with Crippen LogP contribution < -0.4 is 5.32 Å². The molecule has 3 heterocycles. The van der Waals surface area contributed by atoms with E-state index in [4.69, 9.17) is 10.00 Å². The summed E-state index contributed by atoms with van der Waals surface area (Å²) in [4.78, 5) is 16.0. The Balaban J connectivity index is 1.31. The fourth-order valence-electron chi connectivity index (χ4n) is 3.29. The molecule has 1 N–H and O–H groups in total. The molecule has 0 bridgehead atoms. The van der Waals surface area contributed by atoms with Crippen molar-refractivity contribution in [2.24, 2.45) is 0 Å². The van der Waals surface area contributed by atoms with Gasteiger partial charge in [0.1, 0.15) is 12.7 Å². The summed E-state index contributed by atoms with van der Waals surface area (Å²) in [6.07, 6.45) is 4.40. The van der Waals surface area contributed by atoms with Gasteiger partial charge in [-0.15, -0.1) is 0 Å². The second kappa shape index (κ2) is 7.62. The second-order valence-electron chi connectivity index (χ2n) is 6.66. The number of carbonyl (C=O) groups is 1. The molecule has 0 unspecified atom stereocenters. The maximum atomic E-state index is 11.6. The number of aromatic nitrogens is 3. The Morgan fingerprint density at radius 2 is 2.18 bits per heavy atom. The molecule has 0 saturated heterocycles. The van der Waals surface area contributed by atoms with Crippen molar-refractivity contribution in [3.8, 4) is 11.9 Å². The van der Waals surface area contributed by atoms with Crippen molar-refractivity contribution in [1.29, 1.82) is 5.26 Å². The number of esters is 1. The smallest absolute Gasteiger partial charge is 0.338 e. The summed E-state index contributed by atoms with van der Waals surface area (Å²) in [6, 6.07) is 11.4. The van der Waals surface area contributed by atoms with Crippen LogP contribution in [0.2, 0.25) is 0 Å². The van der Waals surface area contributed by atoms with Crippen LogP contribution in [0.4, 0.5) is 0 Å². The zero-order chi connectivity index (χ0) is 19.5. The third-order valence-corrected chi connectivity index (χ3v) is 4.93. The molecular weight excluding hydrogens is 354 g/mol. The molecule has 28 heavy (non-hydrogen) atoms. The molecule has 2 aromatic heterocycles. The van der Waals surface area contributed by atoms with Crippen molar-refractivity contribution in [2.45, 2.75) is 26.5 Å². The van der Waals surface area contributed by atoms with Gasteiger partial charge in [0, 0.05) is 24.5 Å². The lowest BCUT2D eigenvalue weighted by molar-refractivity contribution is 0.0535. The van der Waals surface area contributed by atoms with E-state index in [9.17, 15) is 4.79 Å². The number of nitrogens with one attached hydrogen (secondary N) is 1. The molecule has 0 spiro atoms. The topological polar surface area (TPSA) is 92.8 Å². The average molecular weight is 373 g/mol. The number of carbonyl (C=O) groups excluding carboxylic acids is 1. The van der Waals surface area contributed by atoms with Crippen molar-refractivity contribution < 1.29 is 9.53 Å². The van der Waals surface area contributed by atoms with E-state index in [1.807, 2.05) is 37.3 Å². The number of rotatable bonds is 6. The molecule has 140 valence electrons. The SMILES string of the molecule is Cc1c(CCNCc2ccc(-n3ccc(C#N)n3)nc2)ccc2c1COC2=O. The minimum atomic E-state index is -0.224. The van der Waals surface area contributed by atoms with Crippen LogP contribution in [-0.2, 0) is 24.3 Å². The van der Waals surface area contributed by atoms with Crippen molar-refractivity contribution in [3.05, 3.63) is 76.2 Å². The van der Waals surface area contributed by atoms with Crippen LogP contribution in [0.1, 0.15) is 38.3 Å². The number of cyclic esters (lactones) is 1. The Kier molecular flexibility index (Phi) is 4.87. The first kappa shape index (κ1) is 17.9. The number of ether oxygens (including phenoxy) is 1. The number of nitriles is 1. The van der Waals surface area contributed by atoms with E-state index in [1.165, 1.54) is 5.56 Å². The number of hydrogen-bond donors (Lipinski definition) is 1. The predicted molar refractivity (Wildman–Crippen MR) is 102 cm³/mol. The summed E-state index contributed by atoms with van der Waals surface area (Å²) in [5.41, 5.74) is 5.52. The van der Waals surface area contributed by atoms with Gasteiger partial charge in [-0.25, -0.2) is 14.5 Å². The Hall–Kier alpha value is -3.50. The first-order chi connectivity index (χ1) is 13.7. The van der Waals surface area contributed by atoms with Gasteiger partial charge in [0.05, 0.1) is 5.56 Å². The number of hydrogen-bond acceptors (Lipinski definition) is 6. The van der Waals surface area contributed by atoms with Gasteiger partial charge in [-0.2, -0.15) is 10.4 Å². The quantitative estimate of drug-likeness (QED) is 0.527. The molecule has 0 radical (unpaired) electrons. The standard InChI is InChI=1S/C21H19N5O2/c1-14-16(3-4-18-19(14)13-28-21(18)27)6-8-23-11-15-2-5-20(24-12-15)26-9-7-17(10-22)25-26/h2-5,7,9,12,23H,6,8,11,13H2,1H3. The van der Waals surface area contributed by atoms with Gasteiger partial charge in [0.2, 0.25) is 0 Å². The third kappa shape index (κ3) is 3.50. The molecule has 0 amide bonds. The van der Waals surface area contributed by atoms with Crippen molar-refractivity contribution in [3.63, 3.8) is 0 Å². The van der Waals surface area contributed by atoms with Crippen LogP contribution >= 0.6 is 0 Å². The van der Waals surface area contributed by atoms with E-state index in [2.05, 4.69) is 15.4 Å². The predicted octanol–water partition coefficient (Wildman–Crippen LogP) is 2.45. The van der Waals surface area contributed by atoms with E-state index < -0.39 is 0 Å². The summed E-state index contributed by atoms with van der Waals surface area (Å²) in [6.45, 7) is 3.96. The Morgan fingerprint density at radius 1 is 1.29 bits per heavy atom. The molecule has 0 aliphatic carbocycles. The second-order valence-corrected chi connectivity index (χ2v) is 6.66. The number of fused-ring (bicyclic) bond motifs is 1. The number of pyridine rings is 1. The molecule has 3 aromatic rings. The number of benzene rings is 1. The van der Waals surface area contributed by atoms with Crippen LogP contribution in [0.25, 0.3) is 5.82 Å². The fraction of sp³-hybridized carbons (Fsp3) is 0.238. The zero-order valence-corrected chi connectivity index (χ0v) is 15.5.